The Morgan fingerprint density at radius 1 is 1.44 bits per heavy atom. The van der Waals surface area contributed by atoms with Crippen LogP contribution < -0.4 is 0 Å². The normalized spacial score (nSPS) is 30.3. The molecule has 0 heterocycles. The van der Waals surface area contributed by atoms with Gasteiger partial charge in [-0.15, -0.1) is 0 Å². The van der Waals surface area contributed by atoms with Gasteiger partial charge in [0.15, 0.2) is 0 Å². The van der Waals surface area contributed by atoms with Crippen molar-refractivity contribution in [2.24, 2.45) is 11.3 Å². The minimum Gasteiger partial charge on any atom is -0.396 e. The number of rotatable bonds is 3. The summed E-state index contributed by atoms with van der Waals surface area (Å²) in [5.41, 5.74) is -0.0885. The van der Waals surface area contributed by atoms with Crippen LogP contribution in [-0.4, -0.2) is 23.4 Å². The third kappa shape index (κ3) is 0.970. The lowest BCUT2D eigenvalue weighted by Gasteiger charge is -2.07. The monoisotopic (exact) mass is 130 g/mol. The van der Waals surface area contributed by atoms with E-state index in [1.807, 2.05) is 0 Å². The molecule has 0 aliphatic heterocycles. The van der Waals surface area contributed by atoms with Gasteiger partial charge in [0.1, 0.15) is 0 Å². The Balaban J connectivity index is 2.37. The number of hydrogen-bond acceptors (Lipinski definition) is 2. The summed E-state index contributed by atoms with van der Waals surface area (Å²) in [6.45, 7) is 2.40. The second-order valence-corrected chi connectivity index (χ2v) is 2.99. The molecular weight excluding hydrogens is 116 g/mol. The Kier molecular flexibility index (Phi) is 1.78. The average molecular weight is 130 g/mol. The number of hydrogen-bond donors (Lipinski definition) is 2. The van der Waals surface area contributed by atoms with Crippen LogP contribution in [0.4, 0.5) is 0 Å². The second-order valence-electron chi connectivity index (χ2n) is 2.99. The molecule has 1 aliphatic carbocycles. The zero-order valence-corrected chi connectivity index (χ0v) is 5.80. The molecule has 2 heteroatoms. The van der Waals surface area contributed by atoms with Crippen LogP contribution in [0.15, 0.2) is 0 Å². The first-order chi connectivity index (χ1) is 4.29. The van der Waals surface area contributed by atoms with Gasteiger partial charge in [0, 0.05) is 5.41 Å². The molecule has 1 aliphatic rings. The van der Waals surface area contributed by atoms with E-state index in [9.17, 15) is 0 Å². The highest BCUT2D eigenvalue weighted by Crippen LogP contribution is 2.53. The fraction of sp³-hybridized carbons (Fsp3) is 1.00. The maximum Gasteiger partial charge on any atom is 0.0512 e. The van der Waals surface area contributed by atoms with Gasteiger partial charge in [-0.3, -0.25) is 0 Å². The quantitative estimate of drug-likeness (QED) is 0.580. The van der Waals surface area contributed by atoms with E-state index in [1.54, 1.807) is 0 Å². The summed E-state index contributed by atoms with van der Waals surface area (Å²) in [7, 11) is 0. The zero-order chi connectivity index (χ0) is 6.91. The largest absolute Gasteiger partial charge is 0.396 e. The lowest BCUT2D eigenvalue weighted by Crippen LogP contribution is -2.14. The van der Waals surface area contributed by atoms with Crippen LogP contribution >= 0.6 is 0 Å². The highest BCUT2D eigenvalue weighted by Gasteiger charge is 2.51. The van der Waals surface area contributed by atoms with Crippen LogP contribution in [0, 0.1) is 11.3 Å². The molecule has 2 N–H and O–H groups in total. The van der Waals surface area contributed by atoms with Crippen molar-refractivity contribution in [2.45, 2.75) is 19.8 Å². The van der Waals surface area contributed by atoms with Gasteiger partial charge in [-0.1, -0.05) is 13.3 Å². The lowest BCUT2D eigenvalue weighted by molar-refractivity contribution is 0.121. The van der Waals surface area contributed by atoms with E-state index < -0.39 is 0 Å². The molecule has 1 saturated carbocycles. The van der Waals surface area contributed by atoms with Crippen molar-refractivity contribution in [1.29, 1.82) is 0 Å². The number of aliphatic hydroxyl groups is 2. The van der Waals surface area contributed by atoms with Crippen LogP contribution in [0.25, 0.3) is 0 Å². The van der Waals surface area contributed by atoms with Crippen molar-refractivity contribution in [3.63, 3.8) is 0 Å². The Morgan fingerprint density at radius 3 is 2.11 bits per heavy atom. The molecule has 54 valence electrons. The smallest absolute Gasteiger partial charge is 0.0512 e. The molecule has 0 aromatic heterocycles. The van der Waals surface area contributed by atoms with Gasteiger partial charge in [-0.05, 0) is 12.3 Å². The minimum atomic E-state index is -0.0885. The molecule has 0 aromatic carbocycles. The predicted octanol–water partition coefficient (Wildman–Crippen LogP) is 0.387. The Bertz CT molecular complexity index is 97.1. The van der Waals surface area contributed by atoms with E-state index in [1.165, 1.54) is 0 Å². The molecule has 0 spiro atoms. The molecule has 1 fully saturated rings. The molecule has 0 unspecified atom stereocenters. The van der Waals surface area contributed by atoms with Crippen LogP contribution in [0.5, 0.6) is 0 Å². The van der Waals surface area contributed by atoms with Crippen molar-refractivity contribution in [3.8, 4) is 0 Å². The summed E-state index contributed by atoms with van der Waals surface area (Å²) in [6, 6.07) is 0. The molecule has 0 radical (unpaired) electrons. The molecule has 0 aromatic rings. The fourth-order valence-electron chi connectivity index (χ4n) is 1.45. The van der Waals surface area contributed by atoms with E-state index in [-0.39, 0.29) is 18.6 Å². The Hall–Kier alpha value is -0.0800. The first-order valence-corrected chi connectivity index (χ1v) is 3.51. The standard InChI is InChI=1S/C7H14O2/c1-2-6-3-7(6,4-8)5-9/h6,8-9H,2-5H2,1H3/t6-/m1/s1. The van der Waals surface area contributed by atoms with Gasteiger partial charge in [-0.25, -0.2) is 0 Å². The van der Waals surface area contributed by atoms with Gasteiger partial charge in [-0.2, -0.15) is 0 Å². The zero-order valence-electron chi connectivity index (χ0n) is 5.80. The molecule has 0 bridgehead atoms. The summed E-state index contributed by atoms with van der Waals surface area (Å²) in [5.74, 6) is 0.576. The second kappa shape index (κ2) is 2.27. The highest BCUT2D eigenvalue weighted by atomic mass is 16.3. The van der Waals surface area contributed by atoms with Gasteiger partial charge in [0.25, 0.3) is 0 Å². The fourth-order valence-corrected chi connectivity index (χ4v) is 1.45. The predicted molar refractivity (Wildman–Crippen MR) is 35.0 cm³/mol. The maximum absolute atomic E-state index is 8.80. The molecule has 0 amide bonds. The van der Waals surface area contributed by atoms with Crippen molar-refractivity contribution in [2.75, 3.05) is 13.2 Å². The van der Waals surface area contributed by atoms with Crippen molar-refractivity contribution in [1.82, 2.24) is 0 Å². The van der Waals surface area contributed by atoms with Gasteiger partial charge >= 0.3 is 0 Å². The summed E-state index contributed by atoms with van der Waals surface area (Å²) < 4.78 is 0. The summed E-state index contributed by atoms with van der Waals surface area (Å²) in [4.78, 5) is 0. The van der Waals surface area contributed by atoms with Crippen molar-refractivity contribution in [3.05, 3.63) is 0 Å². The first-order valence-electron chi connectivity index (χ1n) is 3.51. The van der Waals surface area contributed by atoms with E-state index in [2.05, 4.69) is 6.92 Å². The van der Waals surface area contributed by atoms with E-state index in [0.29, 0.717) is 5.92 Å². The summed E-state index contributed by atoms with van der Waals surface area (Å²) in [5, 5.41) is 17.6. The van der Waals surface area contributed by atoms with Crippen LogP contribution in [-0.2, 0) is 0 Å². The molecule has 1 rings (SSSR count). The Labute approximate surface area is 55.5 Å². The van der Waals surface area contributed by atoms with Gasteiger partial charge in [0.05, 0.1) is 13.2 Å². The molecule has 0 saturated heterocycles. The van der Waals surface area contributed by atoms with E-state index in [4.69, 9.17) is 10.2 Å². The number of aliphatic hydroxyl groups excluding tert-OH is 2. The highest BCUT2D eigenvalue weighted by molar-refractivity contribution is 5.00. The van der Waals surface area contributed by atoms with Crippen molar-refractivity contribution < 1.29 is 10.2 Å². The first kappa shape index (κ1) is 7.03. The topological polar surface area (TPSA) is 40.5 Å². The SMILES string of the molecule is CC[C@@H]1CC1(CO)CO. The van der Waals surface area contributed by atoms with Gasteiger partial charge in [0.2, 0.25) is 0 Å². The summed E-state index contributed by atoms with van der Waals surface area (Å²) in [6.07, 6.45) is 2.09. The van der Waals surface area contributed by atoms with Crippen molar-refractivity contribution >= 4 is 0 Å². The molecular formula is C7H14O2. The average Bonchev–Trinajstić information content (AvgIpc) is 2.63. The van der Waals surface area contributed by atoms with E-state index in [0.717, 1.165) is 12.8 Å². The third-order valence-corrected chi connectivity index (χ3v) is 2.48. The molecule has 9 heavy (non-hydrogen) atoms. The van der Waals surface area contributed by atoms with Gasteiger partial charge < -0.3 is 10.2 Å². The molecule has 1 atom stereocenters. The lowest BCUT2D eigenvalue weighted by atomic mass is 10.1. The van der Waals surface area contributed by atoms with Crippen LogP contribution in [0.3, 0.4) is 0 Å². The Morgan fingerprint density at radius 2 is 2.00 bits per heavy atom. The third-order valence-electron chi connectivity index (χ3n) is 2.48. The summed E-state index contributed by atoms with van der Waals surface area (Å²) >= 11 is 0. The van der Waals surface area contributed by atoms with E-state index >= 15 is 0 Å². The van der Waals surface area contributed by atoms with Crippen LogP contribution in [0.2, 0.25) is 0 Å². The molecule has 2 nitrogen and oxygen atoms in total. The maximum atomic E-state index is 8.80. The van der Waals surface area contributed by atoms with Crippen LogP contribution in [0.1, 0.15) is 19.8 Å². The minimum absolute atomic E-state index is 0.0885.